The van der Waals surface area contributed by atoms with Crippen molar-refractivity contribution in [1.82, 2.24) is 0 Å². The predicted molar refractivity (Wildman–Crippen MR) is 28.9 cm³/mol. The Morgan fingerprint density at radius 2 is 2.00 bits per heavy atom. The maximum absolute atomic E-state index is 3.00. The second-order valence-electron chi connectivity index (χ2n) is 1.47. The van der Waals surface area contributed by atoms with E-state index in [1.165, 1.54) is 0 Å². The molecule has 9 heavy (non-hydrogen) atoms. The van der Waals surface area contributed by atoms with Crippen LogP contribution >= 0.6 is 0 Å². The third-order valence-corrected chi connectivity index (χ3v) is 0.790. The fraction of sp³-hybridized carbons (Fsp3) is 0.143. The van der Waals surface area contributed by atoms with E-state index < -0.39 is 0 Å². The van der Waals surface area contributed by atoms with Crippen LogP contribution in [0.3, 0.4) is 0 Å². The van der Waals surface area contributed by atoms with Gasteiger partial charge in [-0.1, -0.05) is 0 Å². The first-order chi connectivity index (χ1) is 3.39. The number of benzene rings is 1. The summed E-state index contributed by atoms with van der Waals surface area (Å²) in [6.45, 7) is 2.00. The molecule has 0 bridgehead atoms. The van der Waals surface area contributed by atoms with Crippen molar-refractivity contribution in [3.63, 3.8) is 0 Å². The second-order valence-corrected chi connectivity index (χ2v) is 1.47. The van der Waals surface area contributed by atoms with Crippen molar-refractivity contribution in [3.8, 4) is 0 Å². The fourth-order valence-electron chi connectivity index (χ4n) is 0.436. The Morgan fingerprint density at radius 3 is 2.22 bits per heavy atom. The van der Waals surface area contributed by atoms with Crippen molar-refractivity contribution in [2.75, 3.05) is 0 Å². The van der Waals surface area contributed by atoms with E-state index >= 15 is 0 Å². The van der Waals surface area contributed by atoms with E-state index in [0.717, 1.165) is 5.56 Å². The fourth-order valence-corrected chi connectivity index (χ4v) is 0.436. The number of hydrogen-bond acceptors (Lipinski definition) is 0. The van der Waals surface area contributed by atoms with Crippen molar-refractivity contribution >= 4 is 0 Å². The Balaban J connectivity index is 0. The molecular formula is C7H6WY-2. The van der Waals surface area contributed by atoms with Gasteiger partial charge in [0.1, 0.15) is 0 Å². The van der Waals surface area contributed by atoms with Crippen LogP contribution in [0, 0.1) is 19.1 Å². The van der Waals surface area contributed by atoms with E-state index in [1.54, 1.807) is 0 Å². The molecule has 0 heterocycles. The van der Waals surface area contributed by atoms with Crippen LogP contribution in [-0.4, -0.2) is 0 Å². The van der Waals surface area contributed by atoms with Crippen LogP contribution in [0.2, 0.25) is 0 Å². The van der Waals surface area contributed by atoms with Crippen molar-refractivity contribution < 1.29 is 53.8 Å². The van der Waals surface area contributed by atoms with Gasteiger partial charge in [-0.15, -0.1) is 6.92 Å². The van der Waals surface area contributed by atoms with Gasteiger partial charge in [-0.25, -0.2) is 0 Å². The minimum absolute atomic E-state index is 0. The molecule has 0 saturated heterocycles. The van der Waals surface area contributed by atoms with Crippen molar-refractivity contribution in [3.05, 3.63) is 35.9 Å². The summed E-state index contributed by atoms with van der Waals surface area (Å²) in [5.74, 6) is 0. The summed E-state index contributed by atoms with van der Waals surface area (Å²) in [6, 6.07) is 11.5. The molecule has 0 nitrogen and oxygen atoms in total. The van der Waals surface area contributed by atoms with Crippen LogP contribution in [-0.2, 0) is 53.8 Å². The molecule has 0 atom stereocenters. The Labute approximate surface area is 95.6 Å². The number of aryl methyl sites for hydroxylation is 1. The van der Waals surface area contributed by atoms with E-state index in [9.17, 15) is 0 Å². The van der Waals surface area contributed by atoms with Crippen LogP contribution < -0.4 is 0 Å². The minimum Gasteiger partial charge on any atom is -0.319 e. The van der Waals surface area contributed by atoms with E-state index in [1.807, 2.05) is 25.1 Å². The van der Waals surface area contributed by atoms with Gasteiger partial charge in [-0.3, -0.25) is 23.8 Å². The van der Waals surface area contributed by atoms with Gasteiger partial charge in [0, 0.05) is 53.8 Å². The molecule has 0 aliphatic carbocycles. The zero-order valence-corrected chi connectivity index (χ0v) is 11.0. The number of rotatable bonds is 0. The van der Waals surface area contributed by atoms with E-state index in [-0.39, 0.29) is 53.8 Å². The molecule has 0 spiro atoms. The van der Waals surface area contributed by atoms with E-state index in [2.05, 4.69) is 12.1 Å². The van der Waals surface area contributed by atoms with Crippen LogP contribution in [0.4, 0.5) is 0 Å². The summed E-state index contributed by atoms with van der Waals surface area (Å²) >= 11 is 0. The molecule has 45 valence electrons. The standard InChI is InChI=1S/C7H6.W.Y/c1-7-5-3-2-4-6-7;;/h2-3,6H,1H3;;/q-2;;. The van der Waals surface area contributed by atoms with Gasteiger partial charge in [0.05, 0.1) is 0 Å². The summed E-state index contributed by atoms with van der Waals surface area (Å²) in [5, 5.41) is 0. The van der Waals surface area contributed by atoms with Crippen molar-refractivity contribution in [2.45, 2.75) is 6.92 Å². The molecule has 0 saturated carbocycles. The molecule has 1 aromatic rings. The average Bonchev–Trinajstić information content (AvgIpc) is 1.69. The van der Waals surface area contributed by atoms with Gasteiger partial charge in [0.2, 0.25) is 0 Å². The first kappa shape index (κ1) is 12.7. The maximum Gasteiger partial charge on any atom is 0 e. The normalized spacial score (nSPS) is 6.78. The summed E-state index contributed by atoms with van der Waals surface area (Å²) in [4.78, 5) is 0. The molecule has 0 amide bonds. The molecule has 0 N–H and O–H groups in total. The quantitative estimate of drug-likeness (QED) is 0.615. The average molecular weight is 363 g/mol. The Hall–Kier alpha value is 1.01. The first-order valence-electron chi connectivity index (χ1n) is 2.24. The molecule has 0 fully saturated rings. The Kier molecular flexibility index (Phi) is 10.0. The largest absolute Gasteiger partial charge is 0.319 e. The summed E-state index contributed by atoms with van der Waals surface area (Å²) < 4.78 is 0. The zero-order valence-electron chi connectivity index (χ0n) is 5.22. The zero-order chi connectivity index (χ0) is 5.11. The SMILES string of the molecule is Cc1[c-]cc[c-]c1.[W].[Y]. The maximum atomic E-state index is 3.00. The molecule has 1 aromatic carbocycles. The molecule has 2 heteroatoms. The van der Waals surface area contributed by atoms with E-state index in [0.29, 0.717) is 0 Å². The van der Waals surface area contributed by atoms with Gasteiger partial charge in [0.25, 0.3) is 0 Å². The second kappa shape index (κ2) is 7.12. The predicted octanol–water partition coefficient (Wildman–Crippen LogP) is 1.59. The van der Waals surface area contributed by atoms with Crippen LogP contribution in [0.25, 0.3) is 0 Å². The first-order valence-corrected chi connectivity index (χ1v) is 2.24. The van der Waals surface area contributed by atoms with Gasteiger partial charge < -0.3 is 12.1 Å². The molecular weight excluding hydrogens is 357 g/mol. The molecule has 1 rings (SSSR count). The third kappa shape index (κ3) is 5.46. The van der Waals surface area contributed by atoms with Crippen LogP contribution in [0.1, 0.15) is 5.56 Å². The molecule has 0 unspecified atom stereocenters. The Morgan fingerprint density at radius 1 is 1.33 bits per heavy atom. The van der Waals surface area contributed by atoms with Gasteiger partial charge in [0.15, 0.2) is 0 Å². The van der Waals surface area contributed by atoms with Crippen molar-refractivity contribution in [2.24, 2.45) is 0 Å². The van der Waals surface area contributed by atoms with Crippen molar-refractivity contribution in [1.29, 1.82) is 0 Å². The van der Waals surface area contributed by atoms with Crippen LogP contribution in [0.15, 0.2) is 18.2 Å². The molecule has 1 radical (unpaired) electrons. The molecule has 0 aliphatic rings. The molecule has 0 aliphatic heterocycles. The van der Waals surface area contributed by atoms with Gasteiger partial charge in [-0.2, -0.15) is 0 Å². The number of hydrogen-bond donors (Lipinski definition) is 0. The molecule has 0 aromatic heterocycles. The Bertz CT molecular complexity index is 139. The van der Waals surface area contributed by atoms with Crippen LogP contribution in [0.5, 0.6) is 0 Å². The summed E-state index contributed by atoms with van der Waals surface area (Å²) in [6.07, 6.45) is 0. The topological polar surface area (TPSA) is 0 Å². The van der Waals surface area contributed by atoms with E-state index in [4.69, 9.17) is 0 Å². The summed E-state index contributed by atoms with van der Waals surface area (Å²) in [5.41, 5.74) is 1.14. The minimum atomic E-state index is 0. The smallest absolute Gasteiger partial charge is 0 e. The van der Waals surface area contributed by atoms with Gasteiger partial charge in [-0.05, 0) is 0 Å². The van der Waals surface area contributed by atoms with Gasteiger partial charge >= 0.3 is 0 Å². The summed E-state index contributed by atoms with van der Waals surface area (Å²) in [7, 11) is 0. The third-order valence-electron chi connectivity index (χ3n) is 0.790. The monoisotopic (exact) mass is 363 g/mol.